The van der Waals surface area contributed by atoms with Crippen LogP contribution in [0.4, 0.5) is 10.5 Å². The number of carbonyl (C=O) groups is 1. The summed E-state index contributed by atoms with van der Waals surface area (Å²) in [6, 6.07) is 5.07. The van der Waals surface area contributed by atoms with Crippen LogP contribution in [-0.2, 0) is 4.74 Å². The van der Waals surface area contributed by atoms with E-state index in [2.05, 4.69) is 5.32 Å². The molecule has 0 aliphatic carbocycles. The first-order valence-corrected chi connectivity index (χ1v) is 5.76. The molecule has 1 aromatic carbocycles. The number of carbonyl (C=O) groups excluding carboxylic acids is 1. The molecule has 4 nitrogen and oxygen atoms in total. The maximum absolute atomic E-state index is 11.3. The number of rotatable bonds is 1. The van der Waals surface area contributed by atoms with Crippen molar-refractivity contribution in [3.05, 3.63) is 28.8 Å². The molecular weight excluding hydrogens is 275 g/mol. The second-order valence-electron chi connectivity index (χ2n) is 4.92. The molecule has 3 N–H and O–H groups in total. The third-order valence-corrected chi connectivity index (χ3v) is 3.21. The molecule has 0 radical (unpaired) electrons. The van der Waals surface area contributed by atoms with Gasteiger partial charge in [0.25, 0.3) is 0 Å². The first-order valence-electron chi connectivity index (χ1n) is 5.38. The summed E-state index contributed by atoms with van der Waals surface area (Å²) in [4.78, 5) is 11.3. The lowest BCUT2D eigenvalue weighted by molar-refractivity contribution is 0.0389. The van der Waals surface area contributed by atoms with Gasteiger partial charge in [0.2, 0.25) is 0 Å². The summed E-state index contributed by atoms with van der Waals surface area (Å²) in [7, 11) is 0. The van der Waals surface area contributed by atoms with Gasteiger partial charge in [-0.05, 0) is 23.8 Å². The highest BCUT2D eigenvalue weighted by Gasteiger charge is 2.38. The number of nitrogens with two attached hydrogens (primary N) is 1. The number of benzene rings is 1. The molecule has 1 atom stereocenters. The van der Waals surface area contributed by atoms with Gasteiger partial charge in [-0.3, -0.25) is 0 Å². The van der Waals surface area contributed by atoms with Gasteiger partial charge >= 0.3 is 6.09 Å². The Morgan fingerprint density at radius 2 is 2.17 bits per heavy atom. The third-order valence-electron chi connectivity index (χ3n) is 2.98. The minimum atomic E-state index is -0.422. The molecule has 18 heavy (non-hydrogen) atoms. The number of halogens is 2. The fraction of sp³-hybridized carbons (Fsp3) is 0.417. The standard InChI is InChI=1S/C12H15ClN2O2.ClH/c1-12(2)6-17-11(16)15-10(12)8-5-7(13)3-4-9(8)14;/h3-5,10H,6,14H2,1-2H3,(H,15,16);1H/t10-;/m1./s1. The van der Waals surface area contributed by atoms with Gasteiger partial charge in [0.05, 0.1) is 6.04 Å². The molecule has 6 heteroatoms. The highest BCUT2D eigenvalue weighted by Crippen LogP contribution is 2.39. The van der Waals surface area contributed by atoms with Crippen LogP contribution >= 0.6 is 24.0 Å². The van der Waals surface area contributed by atoms with Crippen molar-refractivity contribution in [3.63, 3.8) is 0 Å². The van der Waals surface area contributed by atoms with Crippen LogP contribution in [0.3, 0.4) is 0 Å². The Morgan fingerprint density at radius 1 is 1.50 bits per heavy atom. The van der Waals surface area contributed by atoms with Crippen molar-refractivity contribution >= 4 is 35.8 Å². The van der Waals surface area contributed by atoms with E-state index in [0.29, 0.717) is 17.3 Å². The fourth-order valence-electron chi connectivity index (χ4n) is 1.98. The van der Waals surface area contributed by atoms with E-state index >= 15 is 0 Å². The fourth-order valence-corrected chi connectivity index (χ4v) is 2.16. The Morgan fingerprint density at radius 3 is 2.83 bits per heavy atom. The van der Waals surface area contributed by atoms with Crippen LogP contribution in [0.2, 0.25) is 5.02 Å². The van der Waals surface area contributed by atoms with Gasteiger partial charge in [-0.25, -0.2) is 4.79 Å². The molecule has 2 rings (SSSR count). The third kappa shape index (κ3) is 2.82. The quantitative estimate of drug-likeness (QED) is 0.781. The Kier molecular flexibility index (Phi) is 4.35. The van der Waals surface area contributed by atoms with E-state index in [9.17, 15) is 4.79 Å². The average Bonchev–Trinajstić information content (AvgIpc) is 2.26. The number of ether oxygens (including phenoxy) is 1. The van der Waals surface area contributed by atoms with Gasteiger partial charge in [-0.15, -0.1) is 12.4 Å². The van der Waals surface area contributed by atoms with Crippen molar-refractivity contribution in [1.82, 2.24) is 5.32 Å². The maximum Gasteiger partial charge on any atom is 0.407 e. The van der Waals surface area contributed by atoms with E-state index in [0.717, 1.165) is 5.56 Å². The van der Waals surface area contributed by atoms with Gasteiger partial charge in [0.15, 0.2) is 0 Å². The van der Waals surface area contributed by atoms with E-state index in [1.54, 1.807) is 18.2 Å². The number of cyclic esters (lactones) is 1. The van der Waals surface area contributed by atoms with E-state index in [4.69, 9.17) is 22.1 Å². The number of amides is 1. The molecular formula is C12H16Cl2N2O2. The Bertz CT molecular complexity index is 463. The van der Waals surface area contributed by atoms with Crippen LogP contribution < -0.4 is 11.1 Å². The van der Waals surface area contributed by atoms with Gasteiger partial charge in [-0.2, -0.15) is 0 Å². The first-order chi connectivity index (χ1) is 7.90. The molecule has 1 aliphatic rings. The highest BCUT2D eigenvalue weighted by molar-refractivity contribution is 6.30. The second-order valence-corrected chi connectivity index (χ2v) is 5.35. The Hall–Kier alpha value is -1.13. The smallest absolute Gasteiger partial charge is 0.407 e. The number of alkyl carbamates (subject to hydrolysis) is 1. The van der Waals surface area contributed by atoms with Crippen LogP contribution in [0.5, 0.6) is 0 Å². The van der Waals surface area contributed by atoms with Crippen molar-refractivity contribution < 1.29 is 9.53 Å². The lowest BCUT2D eigenvalue weighted by atomic mass is 9.80. The number of anilines is 1. The highest BCUT2D eigenvalue weighted by atomic mass is 35.5. The minimum absolute atomic E-state index is 0. The van der Waals surface area contributed by atoms with Gasteiger partial charge in [-0.1, -0.05) is 25.4 Å². The zero-order valence-corrected chi connectivity index (χ0v) is 11.8. The van der Waals surface area contributed by atoms with Crippen LogP contribution in [0.25, 0.3) is 0 Å². The zero-order valence-electron chi connectivity index (χ0n) is 10.2. The molecule has 0 unspecified atom stereocenters. The summed E-state index contributed by atoms with van der Waals surface area (Å²) in [5.41, 5.74) is 7.16. The summed E-state index contributed by atoms with van der Waals surface area (Å²) in [6.45, 7) is 4.38. The molecule has 1 aromatic rings. The molecule has 0 aromatic heterocycles. The normalized spacial score (nSPS) is 21.5. The van der Waals surface area contributed by atoms with Crippen LogP contribution in [0.15, 0.2) is 18.2 Å². The summed E-state index contributed by atoms with van der Waals surface area (Å²) >= 11 is 5.97. The number of hydrogen-bond acceptors (Lipinski definition) is 3. The second kappa shape index (κ2) is 5.24. The van der Waals surface area contributed by atoms with Crippen molar-refractivity contribution in [3.8, 4) is 0 Å². The first kappa shape index (κ1) is 14.9. The number of hydrogen-bond donors (Lipinski definition) is 2. The van der Waals surface area contributed by atoms with Gasteiger partial charge < -0.3 is 15.8 Å². The monoisotopic (exact) mass is 290 g/mol. The predicted octanol–water partition coefficient (Wildman–Crippen LogP) is 3.15. The minimum Gasteiger partial charge on any atom is -0.449 e. The van der Waals surface area contributed by atoms with Crippen LogP contribution in [0, 0.1) is 5.41 Å². The molecule has 0 spiro atoms. The average molecular weight is 291 g/mol. The largest absolute Gasteiger partial charge is 0.449 e. The zero-order chi connectivity index (χ0) is 12.6. The predicted molar refractivity (Wildman–Crippen MR) is 74.1 cm³/mol. The van der Waals surface area contributed by atoms with E-state index in [1.165, 1.54) is 0 Å². The molecule has 0 bridgehead atoms. The van der Waals surface area contributed by atoms with Gasteiger partial charge in [0.1, 0.15) is 6.61 Å². The molecule has 0 saturated carbocycles. The summed E-state index contributed by atoms with van der Waals surface area (Å²) in [5, 5.41) is 3.39. The Balaban J connectivity index is 0.00000162. The van der Waals surface area contributed by atoms with E-state index in [-0.39, 0.29) is 23.9 Å². The van der Waals surface area contributed by atoms with Crippen molar-refractivity contribution in [2.75, 3.05) is 12.3 Å². The lowest BCUT2D eigenvalue weighted by Crippen LogP contribution is -2.47. The molecule has 1 heterocycles. The summed E-state index contributed by atoms with van der Waals surface area (Å²) in [5.74, 6) is 0. The molecule has 1 aliphatic heterocycles. The molecule has 1 amide bonds. The van der Waals surface area contributed by atoms with Crippen LogP contribution in [-0.4, -0.2) is 12.7 Å². The molecule has 100 valence electrons. The number of nitrogens with one attached hydrogen (secondary N) is 1. The van der Waals surface area contributed by atoms with Crippen molar-refractivity contribution in [2.45, 2.75) is 19.9 Å². The number of nitrogen functional groups attached to an aromatic ring is 1. The van der Waals surface area contributed by atoms with Crippen LogP contribution in [0.1, 0.15) is 25.5 Å². The molecule has 1 saturated heterocycles. The molecule has 1 fully saturated rings. The summed E-state index contributed by atoms with van der Waals surface area (Å²) < 4.78 is 4.99. The van der Waals surface area contributed by atoms with Gasteiger partial charge in [0, 0.05) is 16.1 Å². The lowest BCUT2D eigenvalue weighted by Gasteiger charge is -2.39. The van der Waals surface area contributed by atoms with E-state index in [1.807, 2.05) is 13.8 Å². The summed E-state index contributed by atoms with van der Waals surface area (Å²) in [6.07, 6.45) is -0.422. The van der Waals surface area contributed by atoms with E-state index < -0.39 is 6.09 Å². The van der Waals surface area contributed by atoms with Crippen molar-refractivity contribution in [1.29, 1.82) is 0 Å². The topological polar surface area (TPSA) is 64.3 Å². The SMILES string of the molecule is CC1(C)COC(=O)N[C@@H]1c1cc(Cl)ccc1N.Cl. The Labute approximate surface area is 117 Å². The maximum atomic E-state index is 11.3. The van der Waals surface area contributed by atoms with Crippen molar-refractivity contribution in [2.24, 2.45) is 5.41 Å².